The standard InChI is InChI=1S/C36H50IN5O5Si2/c1-25(26-11-9-8-10-12-26)34(35-39-30-18-15-28(37)23-31(30)40-35)41-36(44)33(38)27-13-16-29(17-14-27)45-24-32(43)42(19-21-46-48(2,3)4)20-22-47-49(5,6)7/h8-18,23,25,33-34H,19-22,24,38H2,1-7H3,(H,39,40)(H,41,44)/t25-,33+,34-/m0/s1. The molecule has 0 spiro atoms. The van der Waals surface area contributed by atoms with Crippen molar-refractivity contribution in [3.63, 3.8) is 0 Å². The number of hydrogen-bond donors (Lipinski definition) is 3. The van der Waals surface area contributed by atoms with Gasteiger partial charge >= 0.3 is 0 Å². The molecule has 264 valence electrons. The van der Waals surface area contributed by atoms with Crippen molar-refractivity contribution in [1.29, 1.82) is 0 Å². The summed E-state index contributed by atoms with van der Waals surface area (Å²) < 4.78 is 19.0. The summed E-state index contributed by atoms with van der Waals surface area (Å²) in [6.45, 7) is 16.6. The van der Waals surface area contributed by atoms with Gasteiger partial charge in [0.2, 0.25) is 5.91 Å². The largest absolute Gasteiger partial charge is 0.484 e. The molecule has 4 aromatic rings. The Hall–Kier alpha value is -3.09. The molecule has 3 aromatic carbocycles. The number of nitrogens with one attached hydrogen (secondary N) is 2. The van der Waals surface area contributed by atoms with Crippen LogP contribution in [0, 0.1) is 3.57 Å². The minimum absolute atomic E-state index is 0.0888. The molecule has 1 aromatic heterocycles. The number of nitrogens with zero attached hydrogens (tertiary/aromatic N) is 2. The van der Waals surface area contributed by atoms with Crippen LogP contribution in [0.4, 0.5) is 0 Å². The van der Waals surface area contributed by atoms with Gasteiger partial charge in [-0.3, -0.25) is 9.59 Å². The number of benzene rings is 3. The molecule has 0 aliphatic rings. The second-order valence-corrected chi connectivity index (χ2v) is 24.4. The molecule has 3 atom stereocenters. The minimum Gasteiger partial charge on any atom is -0.484 e. The van der Waals surface area contributed by atoms with Gasteiger partial charge in [0.1, 0.15) is 17.6 Å². The molecular formula is C36H50IN5O5Si2. The van der Waals surface area contributed by atoms with Crippen molar-refractivity contribution in [3.05, 3.63) is 93.3 Å². The van der Waals surface area contributed by atoms with Crippen molar-refractivity contribution in [1.82, 2.24) is 20.2 Å². The van der Waals surface area contributed by atoms with E-state index in [1.807, 2.05) is 48.5 Å². The highest BCUT2D eigenvalue weighted by Gasteiger charge is 2.29. The molecule has 10 nitrogen and oxygen atoms in total. The molecule has 0 saturated carbocycles. The highest BCUT2D eigenvalue weighted by molar-refractivity contribution is 14.1. The first-order valence-corrected chi connectivity index (χ1v) is 24.5. The Bertz CT molecular complexity index is 1660. The summed E-state index contributed by atoms with van der Waals surface area (Å²) in [7, 11) is -3.42. The molecule has 13 heteroatoms. The molecule has 0 aliphatic heterocycles. The quantitative estimate of drug-likeness (QED) is 0.0796. The first-order valence-electron chi connectivity index (χ1n) is 16.6. The van der Waals surface area contributed by atoms with E-state index in [4.69, 9.17) is 24.3 Å². The maximum atomic E-state index is 13.6. The van der Waals surface area contributed by atoms with Crippen molar-refractivity contribution in [2.24, 2.45) is 5.73 Å². The molecule has 0 aliphatic carbocycles. The smallest absolute Gasteiger partial charge is 0.260 e. The Morgan fingerprint density at radius 3 is 2.10 bits per heavy atom. The molecule has 0 unspecified atom stereocenters. The number of fused-ring (bicyclic) bond motifs is 1. The molecule has 0 radical (unpaired) electrons. The Kier molecular flexibility index (Phi) is 13.6. The number of rotatable bonds is 17. The third-order valence-electron chi connectivity index (χ3n) is 7.91. The topological polar surface area (TPSA) is 132 Å². The van der Waals surface area contributed by atoms with Crippen molar-refractivity contribution >= 4 is 62.1 Å². The van der Waals surface area contributed by atoms with Crippen LogP contribution in [0.25, 0.3) is 11.0 Å². The molecule has 0 bridgehead atoms. The van der Waals surface area contributed by atoms with E-state index in [-0.39, 0.29) is 24.3 Å². The summed E-state index contributed by atoms with van der Waals surface area (Å²) >= 11 is 2.27. The number of hydrogen-bond acceptors (Lipinski definition) is 7. The summed E-state index contributed by atoms with van der Waals surface area (Å²) in [6.07, 6.45) is 0. The van der Waals surface area contributed by atoms with Gasteiger partial charge in [-0.2, -0.15) is 0 Å². The lowest BCUT2D eigenvalue weighted by Crippen LogP contribution is -2.42. The third kappa shape index (κ3) is 12.0. The molecule has 0 saturated heterocycles. The monoisotopic (exact) mass is 815 g/mol. The Morgan fingerprint density at radius 2 is 1.51 bits per heavy atom. The van der Waals surface area contributed by atoms with Gasteiger partial charge in [-0.05, 0) is 103 Å². The number of carbonyl (C=O) groups excluding carboxylic acids is 2. The predicted molar refractivity (Wildman–Crippen MR) is 209 cm³/mol. The van der Waals surface area contributed by atoms with Gasteiger partial charge in [-0.1, -0.05) is 49.4 Å². The van der Waals surface area contributed by atoms with Gasteiger partial charge in [0.05, 0.1) is 30.3 Å². The summed E-state index contributed by atoms with van der Waals surface area (Å²) in [4.78, 5) is 36.8. The first-order chi connectivity index (χ1) is 23.1. The molecule has 4 N–H and O–H groups in total. The fourth-order valence-corrected chi connectivity index (χ4v) is 7.11. The highest BCUT2D eigenvalue weighted by Crippen LogP contribution is 2.31. The lowest BCUT2D eigenvalue weighted by atomic mass is 9.92. The second kappa shape index (κ2) is 17.2. The Morgan fingerprint density at radius 1 is 0.898 bits per heavy atom. The second-order valence-electron chi connectivity index (χ2n) is 14.1. The zero-order chi connectivity index (χ0) is 35.8. The van der Waals surface area contributed by atoms with Gasteiger partial charge in [-0.15, -0.1) is 0 Å². The fourth-order valence-electron chi connectivity index (χ4n) is 5.22. The van der Waals surface area contributed by atoms with Crippen LogP contribution < -0.4 is 15.8 Å². The average Bonchev–Trinajstić information content (AvgIpc) is 3.47. The Balaban J connectivity index is 1.41. The average molecular weight is 816 g/mol. The van der Waals surface area contributed by atoms with E-state index in [1.54, 1.807) is 29.2 Å². The predicted octanol–water partition coefficient (Wildman–Crippen LogP) is 6.74. The maximum Gasteiger partial charge on any atom is 0.260 e. The van der Waals surface area contributed by atoms with E-state index in [0.717, 1.165) is 20.2 Å². The molecular weight excluding hydrogens is 766 g/mol. The van der Waals surface area contributed by atoms with E-state index in [0.29, 0.717) is 43.4 Å². The van der Waals surface area contributed by atoms with E-state index in [1.165, 1.54) is 0 Å². The van der Waals surface area contributed by atoms with Crippen LogP contribution in [0.2, 0.25) is 39.3 Å². The van der Waals surface area contributed by atoms with E-state index in [9.17, 15) is 9.59 Å². The number of ether oxygens (including phenoxy) is 1. The van der Waals surface area contributed by atoms with Crippen LogP contribution in [-0.4, -0.2) is 76.2 Å². The van der Waals surface area contributed by atoms with E-state index < -0.39 is 28.7 Å². The fraction of sp³-hybridized carbons (Fsp3) is 0.417. The van der Waals surface area contributed by atoms with Crippen LogP contribution in [-0.2, 0) is 18.4 Å². The van der Waals surface area contributed by atoms with Gasteiger partial charge in [0.25, 0.3) is 5.91 Å². The maximum absolute atomic E-state index is 13.6. The first kappa shape index (κ1) is 38.7. The summed E-state index contributed by atoms with van der Waals surface area (Å²) in [6, 6.07) is 21.6. The number of H-pyrrole nitrogens is 1. The SMILES string of the molecule is C[C@@H](c1ccccc1)[C@H](NC(=O)[C@H](N)c1ccc(OCC(=O)N(CCO[Si](C)(C)C)CCO[Si](C)(C)C)cc1)c1nc2ccc(I)cc2[nH]1. The van der Waals surface area contributed by atoms with E-state index in [2.05, 4.69) is 79.1 Å². The number of imidazole rings is 1. The normalized spacial score (nSPS) is 13.9. The van der Waals surface area contributed by atoms with Crippen molar-refractivity contribution in [2.45, 2.75) is 64.2 Å². The van der Waals surface area contributed by atoms with E-state index >= 15 is 0 Å². The summed E-state index contributed by atoms with van der Waals surface area (Å²) in [5, 5.41) is 3.17. The zero-order valence-electron chi connectivity index (χ0n) is 29.6. The molecule has 1 heterocycles. The van der Waals surface area contributed by atoms with Gasteiger partial charge in [-0.25, -0.2) is 4.98 Å². The van der Waals surface area contributed by atoms with Crippen molar-refractivity contribution < 1.29 is 23.2 Å². The summed E-state index contributed by atoms with van der Waals surface area (Å²) in [5.41, 5.74) is 9.92. The lowest BCUT2D eigenvalue weighted by molar-refractivity contribution is -0.134. The zero-order valence-corrected chi connectivity index (χ0v) is 33.7. The van der Waals surface area contributed by atoms with Crippen LogP contribution in [0.5, 0.6) is 5.75 Å². The molecule has 0 fully saturated rings. The van der Waals surface area contributed by atoms with Gasteiger partial charge in [0.15, 0.2) is 23.2 Å². The Labute approximate surface area is 305 Å². The molecule has 49 heavy (non-hydrogen) atoms. The number of carbonyl (C=O) groups is 2. The number of aromatic nitrogens is 2. The van der Waals surface area contributed by atoms with Crippen LogP contribution in [0.15, 0.2) is 72.8 Å². The minimum atomic E-state index is -1.71. The lowest BCUT2D eigenvalue weighted by Gasteiger charge is -2.27. The van der Waals surface area contributed by atoms with Crippen molar-refractivity contribution in [3.8, 4) is 5.75 Å². The number of amides is 2. The summed E-state index contributed by atoms with van der Waals surface area (Å²) in [5.74, 6) is 0.610. The van der Waals surface area contributed by atoms with Crippen LogP contribution in [0.3, 0.4) is 0 Å². The van der Waals surface area contributed by atoms with Crippen LogP contribution >= 0.6 is 22.6 Å². The molecule has 4 rings (SSSR count). The number of nitrogens with two attached hydrogens (primary N) is 1. The van der Waals surface area contributed by atoms with Crippen molar-refractivity contribution in [2.75, 3.05) is 32.9 Å². The number of halogens is 1. The van der Waals surface area contributed by atoms with Gasteiger partial charge in [0, 0.05) is 22.6 Å². The highest BCUT2D eigenvalue weighted by atomic mass is 127. The molecule has 2 amide bonds. The third-order valence-corrected chi connectivity index (χ3v) is 10.7. The van der Waals surface area contributed by atoms with Crippen LogP contribution in [0.1, 0.15) is 41.9 Å². The van der Waals surface area contributed by atoms with Gasteiger partial charge < -0.3 is 34.5 Å². The number of aromatic amines is 1.